The van der Waals surface area contributed by atoms with E-state index in [2.05, 4.69) is 0 Å². The number of hydrogen-bond acceptors (Lipinski definition) is 7. The number of anilines is 1. The van der Waals surface area contributed by atoms with E-state index in [1.54, 1.807) is 35.8 Å². The number of nitrogen functional groups attached to an aromatic ring is 1. The van der Waals surface area contributed by atoms with Gasteiger partial charge in [0.15, 0.2) is 5.60 Å². The molecule has 1 atom stereocenters. The molecule has 5 rings (SSSR count). The van der Waals surface area contributed by atoms with E-state index < -0.39 is 17.5 Å². The minimum absolute atomic E-state index is 0.0812. The quantitative estimate of drug-likeness (QED) is 0.250. The van der Waals surface area contributed by atoms with E-state index in [1.807, 2.05) is 6.07 Å². The molecule has 32 heavy (non-hydrogen) atoms. The molecule has 1 amide bonds. The van der Waals surface area contributed by atoms with Gasteiger partial charge in [-0.3, -0.25) is 9.59 Å². The van der Waals surface area contributed by atoms with Gasteiger partial charge in [0.25, 0.3) is 5.56 Å². The highest BCUT2D eigenvalue weighted by atomic mass is 16.6. The molecule has 2 aromatic heterocycles. The molecule has 5 N–H and O–H groups in total. The Morgan fingerprint density at radius 1 is 1.34 bits per heavy atom. The Morgan fingerprint density at radius 2 is 2.12 bits per heavy atom. The van der Waals surface area contributed by atoms with Gasteiger partial charge in [-0.2, -0.15) is 0 Å². The number of aromatic nitrogens is 2. The molecule has 0 saturated heterocycles. The third-order valence-corrected chi connectivity index (χ3v) is 6.19. The molecular formula is C23H20N4O5. The first kappa shape index (κ1) is 20.0. The second-order valence-electron chi connectivity index (χ2n) is 7.97. The zero-order valence-electron chi connectivity index (χ0n) is 17.2. The maximum Gasteiger partial charge on any atom is 0.343 e. The Balaban J connectivity index is 1.71. The number of primary amides is 1. The molecule has 0 fully saturated rings. The fraction of sp³-hybridized carbons (Fsp3) is 0.217. The van der Waals surface area contributed by atoms with E-state index in [0.717, 1.165) is 5.56 Å². The molecule has 9 nitrogen and oxygen atoms in total. The monoisotopic (exact) mass is 432 g/mol. The van der Waals surface area contributed by atoms with Crippen LogP contribution >= 0.6 is 0 Å². The van der Waals surface area contributed by atoms with E-state index in [0.29, 0.717) is 33.5 Å². The van der Waals surface area contributed by atoms with Crippen molar-refractivity contribution < 1.29 is 19.4 Å². The van der Waals surface area contributed by atoms with Gasteiger partial charge in [0.05, 0.1) is 29.0 Å². The summed E-state index contributed by atoms with van der Waals surface area (Å²) in [5, 5.41) is 11.6. The van der Waals surface area contributed by atoms with Gasteiger partial charge in [-0.25, -0.2) is 9.78 Å². The molecule has 1 aromatic carbocycles. The fourth-order valence-electron chi connectivity index (χ4n) is 4.41. The van der Waals surface area contributed by atoms with Gasteiger partial charge >= 0.3 is 5.97 Å². The zero-order chi connectivity index (χ0) is 22.8. The van der Waals surface area contributed by atoms with Gasteiger partial charge in [-0.05, 0) is 36.3 Å². The van der Waals surface area contributed by atoms with Crippen molar-refractivity contribution >= 4 is 34.5 Å². The van der Waals surface area contributed by atoms with Crippen molar-refractivity contribution in [3.63, 3.8) is 0 Å². The average molecular weight is 432 g/mol. The minimum atomic E-state index is -1.87. The van der Waals surface area contributed by atoms with Crippen LogP contribution in [0.3, 0.4) is 0 Å². The van der Waals surface area contributed by atoms with Gasteiger partial charge in [0.2, 0.25) is 5.91 Å². The summed E-state index contributed by atoms with van der Waals surface area (Å²) in [5.74, 6) is -1.34. The Labute approximate surface area is 181 Å². The van der Waals surface area contributed by atoms with Crippen LogP contribution in [0.5, 0.6) is 0 Å². The summed E-state index contributed by atoms with van der Waals surface area (Å²) in [4.78, 5) is 41.2. The van der Waals surface area contributed by atoms with Crippen molar-refractivity contribution in [3.8, 4) is 11.4 Å². The van der Waals surface area contributed by atoms with Crippen LogP contribution in [0.2, 0.25) is 0 Å². The van der Waals surface area contributed by atoms with Gasteiger partial charge in [0, 0.05) is 28.3 Å². The number of carbonyl (C=O) groups is 2. The predicted octanol–water partition coefficient (Wildman–Crippen LogP) is 1.16. The maximum absolute atomic E-state index is 13.2. The third-order valence-electron chi connectivity index (χ3n) is 6.19. The second-order valence-corrected chi connectivity index (χ2v) is 7.97. The Bertz CT molecular complexity index is 1440. The maximum atomic E-state index is 13.2. The number of fused-ring (bicyclic) bond motifs is 5. The van der Waals surface area contributed by atoms with Gasteiger partial charge in [0.1, 0.15) is 6.61 Å². The number of benzene rings is 1. The lowest BCUT2D eigenvalue weighted by Gasteiger charge is -2.31. The number of carbonyl (C=O) groups excluding carboxylic acids is 2. The topological polar surface area (TPSA) is 151 Å². The summed E-state index contributed by atoms with van der Waals surface area (Å²) >= 11 is 0. The van der Waals surface area contributed by atoms with E-state index in [4.69, 9.17) is 21.2 Å². The molecule has 0 radical (unpaired) electrons. The molecule has 9 heteroatoms. The van der Waals surface area contributed by atoms with Gasteiger partial charge in [-0.1, -0.05) is 13.0 Å². The normalized spacial score (nSPS) is 19.0. The number of nitrogens with two attached hydrogens (primary N) is 2. The lowest BCUT2D eigenvalue weighted by atomic mass is 9.86. The first-order valence-electron chi connectivity index (χ1n) is 10.1. The van der Waals surface area contributed by atoms with E-state index in [-0.39, 0.29) is 36.3 Å². The van der Waals surface area contributed by atoms with Gasteiger partial charge < -0.3 is 25.9 Å². The SMILES string of the molecule is CCC1(O)C(=O)OCc2c1cc1n(c2=O)Cc2cc3c(N)c(C=CC(N)=O)ccc3nc2-1. The van der Waals surface area contributed by atoms with Gasteiger partial charge in [-0.15, -0.1) is 0 Å². The largest absolute Gasteiger partial charge is 0.458 e. The number of aliphatic hydroxyl groups is 1. The second kappa shape index (κ2) is 6.76. The molecule has 4 heterocycles. The summed E-state index contributed by atoms with van der Waals surface area (Å²) < 4.78 is 6.65. The van der Waals surface area contributed by atoms with Crippen molar-refractivity contribution in [1.29, 1.82) is 0 Å². The van der Waals surface area contributed by atoms with Crippen LogP contribution in [0.15, 0.2) is 35.1 Å². The Kier molecular flexibility index (Phi) is 4.22. The van der Waals surface area contributed by atoms with Crippen molar-refractivity contribution in [2.75, 3.05) is 5.73 Å². The van der Waals surface area contributed by atoms with Crippen LogP contribution in [-0.2, 0) is 33.1 Å². The summed E-state index contributed by atoms with van der Waals surface area (Å²) in [6.45, 7) is 1.76. The van der Waals surface area contributed by atoms with Crippen molar-refractivity contribution in [3.05, 3.63) is 62.9 Å². The standard InChI is InChI=1S/C23H20N4O5/c1-2-23(31)15-8-17-20-12(9-27(17)21(29)14(15)10-32-22(23)30)7-13-16(26-20)5-3-11(19(13)25)4-6-18(24)28/h3-8,31H,2,9-10,25H2,1H3,(H2,24,28). The number of ether oxygens (including phenoxy) is 1. The molecular weight excluding hydrogens is 412 g/mol. The molecule has 0 aliphatic carbocycles. The molecule has 0 saturated carbocycles. The Hall–Kier alpha value is -3.98. The van der Waals surface area contributed by atoms with E-state index >= 15 is 0 Å². The minimum Gasteiger partial charge on any atom is -0.458 e. The number of nitrogens with zero attached hydrogens (tertiary/aromatic N) is 2. The molecule has 0 bridgehead atoms. The van der Waals surface area contributed by atoms with Crippen LogP contribution in [-0.4, -0.2) is 26.5 Å². The average Bonchev–Trinajstić information content (AvgIpc) is 3.13. The lowest BCUT2D eigenvalue weighted by Crippen LogP contribution is -2.44. The highest BCUT2D eigenvalue weighted by Gasteiger charge is 2.45. The van der Waals surface area contributed by atoms with Crippen molar-refractivity contribution in [2.24, 2.45) is 5.73 Å². The number of pyridine rings is 2. The fourth-order valence-corrected chi connectivity index (χ4v) is 4.41. The number of esters is 1. The molecule has 2 aliphatic rings. The van der Waals surface area contributed by atoms with Crippen LogP contribution in [0.25, 0.3) is 28.4 Å². The number of cyclic esters (lactones) is 1. The van der Waals surface area contributed by atoms with E-state index in [9.17, 15) is 19.5 Å². The summed E-state index contributed by atoms with van der Waals surface area (Å²) in [7, 11) is 0. The lowest BCUT2D eigenvalue weighted by molar-refractivity contribution is -0.172. The summed E-state index contributed by atoms with van der Waals surface area (Å²) in [6, 6.07) is 7.04. The summed E-state index contributed by atoms with van der Waals surface area (Å²) in [6.07, 6.45) is 2.86. The van der Waals surface area contributed by atoms with Crippen LogP contribution in [0, 0.1) is 0 Å². The van der Waals surface area contributed by atoms with Crippen LogP contribution in [0.4, 0.5) is 5.69 Å². The summed E-state index contributed by atoms with van der Waals surface area (Å²) in [5.41, 5.74) is 13.4. The van der Waals surface area contributed by atoms with Crippen LogP contribution in [0.1, 0.15) is 35.6 Å². The van der Waals surface area contributed by atoms with E-state index in [1.165, 1.54) is 6.08 Å². The van der Waals surface area contributed by atoms with Crippen molar-refractivity contribution in [1.82, 2.24) is 9.55 Å². The first-order valence-corrected chi connectivity index (χ1v) is 10.1. The number of amides is 1. The zero-order valence-corrected chi connectivity index (χ0v) is 17.2. The highest BCUT2D eigenvalue weighted by molar-refractivity contribution is 5.99. The molecule has 0 spiro atoms. The predicted molar refractivity (Wildman–Crippen MR) is 117 cm³/mol. The molecule has 3 aromatic rings. The first-order chi connectivity index (χ1) is 15.2. The number of hydrogen-bond donors (Lipinski definition) is 3. The molecule has 162 valence electrons. The molecule has 2 aliphatic heterocycles. The van der Waals surface area contributed by atoms with Crippen LogP contribution < -0.4 is 17.0 Å². The number of rotatable bonds is 3. The van der Waals surface area contributed by atoms with Crippen molar-refractivity contribution in [2.45, 2.75) is 32.1 Å². The molecule has 1 unspecified atom stereocenters. The smallest absolute Gasteiger partial charge is 0.343 e. The third kappa shape index (κ3) is 2.68. The highest BCUT2D eigenvalue weighted by Crippen LogP contribution is 2.39. The Morgan fingerprint density at radius 3 is 2.84 bits per heavy atom.